The van der Waals surface area contributed by atoms with E-state index in [1.807, 2.05) is 0 Å². The van der Waals surface area contributed by atoms with Crippen molar-refractivity contribution in [1.29, 1.82) is 0 Å². The van der Waals surface area contributed by atoms with Gasteiger partial charge in [-0.15, -0.1) is 0 Å². The van der Waals surface area contributed by atoms with Gasteiger partial charge in [0.25, 0.3) is 5.91 Å². The highest BCUT2D eigenvalue weighted by Crippen LogP contribution is 2.24. The van der Waals surface area contributed by atoms with Crippen molar-refractivity contribution in [2.75, 3.05) is 0 Å². The second-order valence-electron chi connectivity index (χ2n) is 3.29. The number of carbonyl (C=O) groups excluding carboxylic acids is 1. The number of hydrogen-bond donors (Lipinski definition) is 2. The number of aromatic amines is 1. The lowest BCUT2D eigenvalue weighted by Crippen LogP contribution is -2.20. The van der Waals surface area contributed by atoms with Crippen LogP contribution in [0.4, 0.5) is 0 Å². The molecule has 0 aliphatic carbocycles. The van der Waals surface area contributed by atoms with Crippen LogP contribution in [0.15, 0.2) is 23.0 Å². The second-order valence-corrected chi connectivity index (χ2v) is 4.13. The molecule has 7 heteroatoms. The number of aromatic nitrogens is 1. The lowest BCUT2D eigenvalue weighted by molar-refractivity contribution is 0.0965. The van der Waals surface area contributed by atoms with Gasteiger partial charge in [0, 0.05) is 11.1 Å². The summed E-state index contributed by atoms with van der Waals surface area (Å²) < 4.78 is 0. The third-order valence-corrected chi connectivity index (χ3v) is 2.70. The van der Waals surface area contributed by atoms with Gasteiger partial charge in [0.15, 0.2) is 5.43 Å². The number of halogens is 2. The molecule has 1 heterocycles. The summed E-state index contributed by atoms with van der Waals surface area (Å²) in [6.45, 7) is 0. The van der Waals surface area contributed by atoms with Gasteiger partial charge in [-0.25, -0.2) is 0 Å². The van der Waals surface area contributed by atoms with E-state index in [2.05, 4.69) is 4.98 Å². The Morgan fingerprint density at radius 1 is 1.29 bits per heavy atom. The van der Waals surface area contributed by atoms with Crippen LogP contribution < -0.4 is 10.9 Å². The predicted molar refractivity (Wildman–Crippen MR) is 65.4 cm³/mol. The van der Waals surface area contributed by atoms with Gasteiger partial charge in [-0.3, -0.25) is 9.59 Å². The van der Waals surface area contributed by atoms with Gasteiger partial charge in [-0.2, -0.15) is 0 Å². The van der Waals surface area contributed by atoms with Crippen LogP contribution in [0, 0.1) is 5.21 Å². The van der Waals surface area contributed by atoms with Gasteiger partial charge in [-0.05, 0) is 12.1 Å². The zero-order valence-electron chi connectivity index (χ0n) is 8.21. The standard InChI is InChI=1S/C10H5Cl2N2O3/c11-4-1-5(12)9-6(2-4)13-7(3-8(9)15)10(16)14-17/h1-3H,(H2-,13,14,15,16,17)/q-1. The Hall–Kier alpha value is -1.56. The summed E-state index contributed by atoms with van der Waals surface area (Å²) in [5, 5.41) is 11.0. The molecule has 0 bridgehead atoms. The van der Waals surface area contributed by atoms with Crippen LogP contribution in [0.1, 0.15) is 10.5 Å². The molecule has 1 aromatic carbocycles. The highest BCUT2D eigenvalue weighted by molar-refractivity contribution is 6.38. The zero-order valence-corrected chi connectivity index (χ0v) is 9.72. The molecule has 0 spiro atoms. The Kier molecular flexibility index (Phi) is 3.06. The number of hydroxylamine groups is 1. The van der Waals surface area contributed by atoms with Gasteiger partial charge >= 0.3 is 0 Å². The van der Waals surface area contributed by atoms with E-state index in [9.17, 15) is 14.8 Å². The first-order valence-corrected chi connectivity index (χ1v) is 5.23. The monoisotopic (exact) mass is 271 g/mol. The maximum Gasteiger partial charge on any atom is 0.257 e. The minimum Gasteiger partial charge on any atom is -0.759 e. The van der Waals surface area contributed by atoms with Crippen LogP contribution in [0.25, 0.3) is 10.9 Å². The largest absolute Gasteiger partial charge is 0.759 e. The number of rotatable bonds is 1. The normalized spacial score (nSPS) is 10.5. The summed E-state index contributed by atoms with van der Waals surface area (Å²) in [7, 11) is 0. The SMILES string of the molecule is O=C(N[O-])c1cc(=O)c2c(Cl)cc(Cl)cc2[nH]1. The van der Waals surface area contributed by atoms with E-state index in [4.69, 9.17) is 23.2 Å². The maximum atomic E-state index is 11.7. The number of hydrogen-bond acceptors (Lipinski definition) is 3. The lowest BCUT2D eigenvalue weighted by Gasteiger charge is -2.08. The molecule has 17 heavy (non-hydrogen) atoms. The average Bonchev–Trinajstić information content (AvgIpc) is 2.26. The van der Waals surface area contributed by atoms with E-state index in [-0.39, 0.29) is 16.1 Å². The summed E-state index contributed by atoms with van der Waals surface area (Å²) in [6, 6.07) is 3.88. The van der Waals surface area contributed by atoms with E-state index < -0.39 is 11.3 Å². The summed E-state index contributed by atoms with van der Waals surface area (Å²) in [6.07, 6.45) is 0. The van der Waals surface area contributed by atoms with Crippen LogP contribution in [0.2, 0.25) is 10.0 Å². The quantitative estimate of drug-likeness (QED) is 0.779. The number of fused-ring (bicyclic) bond motifs is 1. The average molecular weight is 272 g/mol. The predicted octanol–water partition coefficient (Wildman–Crippen LogP) is 2.06. The maximum absolute atomic E-state index is 11.7. The van der Waals surface area contributed by atoms with Crippen LogP contribution >= 0.6 is 23.2 Å². The first kappa shape index (κ1) is 11.9. The molecule has 0 aliphatic heterocycles. The van der Waals surface area contributed by atoms with Gasteiger partial charge in [0.2, 0.25) is 0 Å². The molecule has 88 valence electrons. The van der Waals surface area contributed by atoms with Gasteiger partial charge in [-0.1, -0.05) is 23.2 Å². The van der Waals surface area contributed by atoms with Gasteiger partial charge < -0.3 is 15.7 Å². The van der Waals surface area contributed by atoms with Crippen LogP contribution in [0.3, 0.4) is 0 Å². The first-order valence-electron chi connectivity index (χ1n) is 4.47. The van der Waals surface area contributed by atoms with Crippen molar-refractivity contribution in [3.63, 3.8) is 0 Å². The molecular formula is C10H5Cl2N2O3-. The van der Waals surface area contributed by atoms with Crippen LogP contribution in [0.5, 0.6) is 0 Å². The Balaban J connectivity index is 2.82. The Morgan fingerprint density at radius 2 is 2.00 bits per heavy atom. The first-order chi connectivity index (χ1) is 8.02. The molecule has 0 saturated heterocycles. The topological polar surface area (TPSA) is 85.0 Å². The molecule has 5 nitrogen and oxygen atoms in total. The fraction of sp³-hybridized carbons (Fsp3) is 0. The molecule has 2 rings (SSSR count). The third-order valence-electron chi connectivity index (χ3n) is 2.18. The smallest absolute Gasteiger partial charge is 0.257 e. The van der Waals surface area contributed by atoms with Crippen molar-refractivity contribution >= 4 is 40.0 Å². The van der Waals surface area contributed by atoms with E-state index in [0.717, 1.165) is 6.07 Å². The highest BCUT2D eigenvalue weighted by atomic mass is 35.5. The number of pyridine rings is 1. The van der Waals surface area contributed by atoms with E-state index in [0.29, 0.717) is 10.5 Å². The number of carbonyl (C=O) groups is 1. The Morgan fingerprint density at radius 3 is 2.65 bits per heavy atom. The fourth-order valence-corrected chi connectivity index (χ4v) is 2.07. The number of amides is 1. The van der Waals surface area contributed by atoms with Crippen molar-refractivity contribution in [3.05, 3.63) is 49.4 Å². The highest BCUT2D eigenvalue weighted by Gasteiger charge is 2.10. The number of benzene rings is 1. The van der Waals surface area contributed by atoms with Crippen LogP contribution in [-0.4, -0.2) is 10.9 Å². The Labute approximate surface area is 105 Å². The summed E-state index contributed by atoms with van der Waals surface area (Å²) in [5.74, 6) is -0.930. The summed E-state index contributed by atoms with van der Waals surface area (Å²) in [4.78, 5) is 25.5. The molecule has 2 aromatic rings. The zero-order chi connectivity index (χ0) is 12.6. The minimum absolute atomic E-state index is 0.143. The van der Waals surface area contributed by atoms with Gasteiger partial charge in [0.05, 0.1) is 15.9 Å². The molecule has 2 N–H and O–H groups in total. The van der Waals surface area contributed by atoms with Crippen molar-refractivity contribution in [2.24, 2.45) is 0 Å². The molecule has 0 saturated carbocycles. The van der Waals surface area contributed by atoms with Crippen molar-refractivity contribution < 1.29 is 4.79 Å². The molecule has 0 unspecified atom stereocenters. The molecular weight excluding hydrogens is 267 g/mol. The van der Waals surface area contributed by atoms with E-state index in [1.54, 1.807) is 0 Å². The lowest BCUT2D eigenvalue weighted by atomic mass is 10.2. The summed E-state index contributed by atoms with van der Waals surface area (Å²) >= 11 is 11.6. The molecule has 1 aromatic heterocycles. The number of nitrogens with one attached hydrogen (secondary N) is 2. The fourth-order valence-electron chi connectivity index (χ4n) is 1.48. The van der Waals surface area contributed by atoms with E-state index >= 15 is 0 Å². The molecule has 0 aliphatic rings. The second kappa shape index (κ2) is 4.37. The minimum atomic E-state index is -0.930. The van der Waals surface area contributed by atoms with Gasteiger partial charge in [0.1, 0.15) is 5.69 Å². The molecule has 1 amide bonds. The molecule has 0 fully saturated rings. The number of H-pyrrole nitrogens is 1. The van der Waals surface area contributed by atoms with Crippen molar-refractivity contribution in [2.45, 2.75) is 0 Å². The molecule has 0 radical (unpaired) electrons. The third kappa shape index (κ3) is 2.12. The molecule has 0 atom stereocenters. The van der Waals surface area contributed by atoms with Crippen molar-refractivity contribution in [3.8, 4) is 0 Å². The Bertz CT molecular complexity index is 666. The van der Waals surface area contributed by atoms with Crippen LogP contribution in [-0.2, 0) is 0 Å². The summed E-state index contributed by atoms with van der Waals surface area (Å²) in [5.41, 5.74) is 0.875. The van der Waals surface area contributed by atoms with E-state index in [1.165, 1.54) is 17.6 Å². The van der Waals surface area contributed by atoms with Crippen molar-refractivity contribution in [1.82, 2.24) is 10.5 Å².